The van der Waals surface area contributed by atoms with Gasteiger partial charge in [0.15, 0.2) is 0 Å². The zero-order valence-electron chi connectivity index (χ0n) is 10.8. The van der Waals surface area contributed by atoms with Gasteiger partial charge in [-0.25, -0.2) is 14.4 Å². The Balaban J connectivity index is 2.11. The van der Waals surface area contributed by atoms with Crippen molar-refractivity contribution < 1.29 is 9.13 Å². The molecule has 3 nitrogen and oxygen atoms in total. The lowest BCUT2D eigenvalue weighted by Crippen LogP contribution is -1.92. The maximum Gasteiger partial charge on any atom is 0.231 e. The van der Waals surface area contributed by atoms with Crippen LogP contribution in [0.1, 0.15) is 10.4 Å². The Morgan fingerprint density at radius 1 is 1.25 bits per heavy atom. The first-order valence-corrected chi connectivity index (χ1v) is 7.51. The van der Waals surface area contributed by atoms with Gasteiger partial charge in [0, 0.05) is 4.88 Å². The van der Waals surface area contributed by atoms with Crippen LogP contribution >= 0.6 is 27.3 Å². The summed E-state index contributed by atoms with van der Waals surface area (Å²) in [4.78, 5) is 10.5. The second-order valence-electron chi connectivity index (χ2n) is 4.32. The Kier molecular flexibility index (Phi) is 3.43. The average molecular weight is 353 g/mol. The molecule has 1 aromatic carbocycles. The van der Waals surface area contributed by atoms with E-state index in [1.54, 1.807) is 17.4 Å². The van der Waals surface area contributed by atoms with Crippen molar-refractivity contribution in [3.63, 3.8) is 0 Å². The third-order valence-electron chi connectivity index (χ3n) is 3.03. The lowest BCUT2D eigenvalue weighted by atomic mass is 10.2. The smallest absolute Gasteiger partial charge is 0.231 e. The number of rotatable bonds is 2. The number of benzene rings is 1. The molecule has 0 unspecified atom stereocenters. The van der Waals surface area contributed by atoms with Crippen LogP contribution in [0.15, 0.2) is 29.0 Å². The molecular weight excluding hydrogens is 343 g/mol. The van der Waals surface area contributed by atoms with Gasteiger partial charge >= 0.3 is 0 Å². The Labute approximate surface area is 127 Å². The van der Waals surface area contributed by atoms with E-state index < -0.39 is 0 Å². The highest BCUT2D eigenvalue weighted by atomic mass is 79.9. The first-order valence-electron chi connectivity index (χ1n) is 5.90. The molecule has 0 radical (unpaired) electrons. The first kappa shape index (κ1) is 13.5. The van der Waals surface area contributed by atoms with Crippen LogP contribution in [0.4, 0.5) is 4.39 Å². The van der Waals surface area contributed by atoms with Gasteiger partial charge in [0.05, 0.1) is 9.86 Å². The van der Waals surface area contributed by atoms with Crippen molar-refractivity contribution in [2.75, 3.05) is 0 Å². The van der Waals surface area contributed by atoms with Crippen molar-refractivity contribution >= 4 is 37.5 Å². The van der Waals surface area contributed by atoms with Gasteiger partial charge in [0.2, 0.25) is 5.88 Å². The van der Waals surface area contributed by atoms with Gasteiger partial charge < -0.3 is 4.74 Å². The van der Waals surface area contributed by atoms with Crippen LogP contribution in [0.25, 0.3) is 10.2 Å². The molecule has 0 N–H and O–H groups in total. The molecule has 2 aromatic heterocycles. The largest absolute Gasteiger partial charge is 0.437 e. The normalized spacial score (nSPS) is 11.0. The van der Waals surface area contributed by atoms with Crippen molar-refractivity contribution in [3.05, 3.63) is 45.3 Å². The summed E-state index contributed by atoms with van der Waals surface area (Å²) in [5, 5.41) is 0.909. The molecule has 0 saturated carbocycles. The molecule has 0 spiro atoms. The number of hydrogen-bond acceptors (Lipinski definition) is 4. The number of aryl methyl sites for hydroxylation is 2. The summed E-state index contributed by atoms with van der Waals surface area (Å²) in [7, 11) is 0. The number of fused-ring (bicyclic) bond motifs is 1. The molecule has 0 aliphatic rings. The van der Waals surface area contributed by atoms with E-state index in [9.17, 15) is 4.39 Å². The molecule has 6 heteroatoms. The fourth-order valence-corrected chi connectivity index (χ4v) is 3.31. The first-order chi connectivity index (χ1) is 9.56. The summed E-state index contributed by atoms with van der Waals surface area (Å²) in [6.45, 7) is 4.06. The van der Waals surface area contributed by atoms with Gasteiger partial charge in [-0.3, -0.25) is 0 Å². The lowest BCUT2D eigenvalue weighted by Gasteiger charge is -2.08. The minimum Gasteiger partial charge on any atom is -0.437 e. The van der Waals surface area contributed by atoms with Crippen LogP contribution in [0.5, 0.6) is 11.6 Å². The van der Waals surface area contributed by atoms with E-state index in [0.717, 1.165) is 15.8 Å². The molecular formula is C14H10BrFN2OS. The van der Waals surface area contributed by atoms with Crippen LogP contribution in [-0.2, 0) is 0 Å². The minimum atomic E-state index is -0.320. The molecule has 0 aliphatic carbocycles. The molecule has 3 rings (SSSR count). The quantitative estimate of drug-likeness (QED) is 0.650. The maximum absolute atomic E-state index is 13.1. The Morgan fingerprint density at radius 2 is 2.05 bits per heavy atom. The van der Waals surface area contributed by atoms with Crippen LogP contribution in [0.2, 0.25) is 0 Å². The van der Waals surface area contributed by atoms with Crippen molar-refractivity contribution in [2.45, 2.75) is 13.8 Å². The summed E-state index contributed by atoms with van der Waals surface area (Å²) >= 11 is 4.89. The Bertz CT molecular complexity index is 803. The summed E-state index contributed by atoms with van der Waals surface area (Å²) in [6, 6.07) is 4.28. The van der Waals surface area contributed by atoms with Gasteiger partial charge in [-0.2, -0.15) is 0 Å². The molecule has 3 aromatic rings. The fraction of sp³-hybridized carbons (Fsp3) is 0.143. The maximum atomic E-state index is 13.1. The van der Waals surface area contributed by atoms with Gasteiger partial charge in [0.25, 0.3) is 0 Å². The van der Waals surface area contributed by atoms with E-state index in [-0.39, 0.29) is 5.82 Å². The third kappa shape index (κ3) is 2.29. The van der Waals surface area contributed by atoms with Crippen LogP contribution in [0, 0.1) is 19.7 Å². The van der Waals surface area contributed by atoms with Crippen molar-refractivity contribution in [2.24, 2.45) is 0 Å². The number of nitrogens with zero attached hydrogens (tertiary/aromatic N) is 2. The van der Waals surface area contributed by atoms with Gasteiger partial charge in [-0.1, -0.05) is 0 Å². The van der Waals surface area contributed by atoms with E-state index in [2.05, 4.69) is 25.9 Å². The fourth-order valence-electron chi connectivity index (χ4n) is 1.89. The van der Waals surface area contributed by atoms with E-state index in [0.29, 0.717) is 16.1 Å². The predicted molar refractivity (Wildman–Crippen MR) is 81.1 cm³/mol. The molecule has 2 heterocycles. The molecule has 0 saturated heterocycles. The highest BCUT2D eigenvalue weighted by Gasteiger charge is 2.14. The highest BCUT2D eigenvalue weighted by molar-refractivity contribution is 9.10. The summed E-state index contributed by atoms with van der Waals surface area (Å²) in [5.41, 5.74) is 1.11. The molecule has 20 heavy (non-hydrogen) atoms. The molecule has 0 aliphatic heterocycles. The Morgan fingerprint density at radius 3 is 2.80 bits per heavy atom. The topological polar surface area (TPSA) is 35.0 Å². The number of halogens is 2. The predicted octanol–water partition coefficient (Wildman–Crippen LogP) is 5.00. The third-order valence-corrected chi connectivity index (χ3v) is 4.77. The molecule has 0 amide bonds. The summed E-state index contributed by atoms with van der Waals surface area (Å²) in [5.74, 6) is 0.693. The minimum absolute atomic E-state index is 0.320. The van der Waals surface area contributed by atoms with Crippen LogP contribution in [-0.4, -0.2) is 9.97 Å². The second kappa shape index (κ2) is 5.10. The SMILES string of the molecule is Cc1sc2ncnc(Oc3ccc(F)cc3Br)c2c1C. The zero-order valence-corrected chi connectivity index (χ0v) is 13.2. The average Bonchev–Trinajstić information content (AvgIpc) is 2.69. The number of aromatic nitrogens is 2. The van der Waals surface area contributed by atoms with Gasteiger partial charge in [-0.05, 0) is 53.5 Å². The van der Waals surface area contributed by atoms with Crippen molar-refractivity contribution in [1.29, 1.82) is 0 Å². The van der Waals surface area contributed by atoms with Gasteiger partial charge in [0.1, 0.15) is 22.7 Å². The van der Waals surface area contributed by atoms with E-state index in [1.165, 1.54) is 23.3 Å². The molecule has 0 fully saturated rings. The van der Waals surface area contributed by atoms with Crippen LogP contribution in [0.3, 0.4) is 0 Å². The molecule has 102 valence electrons. The molecule has 0 atom stereocenters. The van der Waals surface area contributed by atoms with E-state index in [4.69, 9.17) is 4.74 Å². The van der Waals surface area contributed by atoms with Gasteiger partial charge in [-0.15, -0.1) is 11.3 Å². The van der Waals surface area contributed by atoms with Crippen LogP contribution < -0.4 is 4.74 Å². The zero-order chi connectivity index (χ0) is 14.3. The summed E-state index contributed by atoms with van der Waals surface area (Å²) < 4.78 is 19.5. The molecule has 0 bridgehead atoms. The Hall–Kier alpha value is -1.53. The number of hydrogen-bond donors (Lipinski definition) is 0. The van der Waals surface area contributed by atoms with Crippen molar-refractivity contribution in [3.8, 4) is 11.6 Å². The van der Waals surface area contributed by atoms with E-state index in [1.807, 2.05) is 13.8 Å². The lowest BCUT2D eigenvalue weighted by molar-refractivity contribution is 0.463. The van der Waals surface area contributed by atoms with E-state index >= 15 is 0 Å². The summed E-state index contributed by atoms with van der Waals surface area (Å²) in [6.07, 6.45) is 1.48. The monoisotopic (exact) mass is 352 g/mol. The standard InChI is InChI=1S/C14H10BrFN2OS/c1-7-8(2)20-14-12(7)13(17-6-18-14)19-11-4-3-9(16)5-10(11)15/h3-6H,1-2H3. The second-order valence-corrected chi connectivity index (χ2v) is 6.38. The highest BCUT2D eigenvalue weighted by Crippen LogP contribution is 2.37. The number of ether oxygens (including phenoxy) is 1. The number of thiophene rings is 1. The van der Waals surface area contributed by atoms with Crippen molar-refractivity contribution in [1.82, 2.24) is 9.97 Å².